The number of hydrogen-bond acceptors (Lipinski definition) is 6. The van der Waals surface area contributed by atoms with Crippen molar-refractivity contribution in [2.75, 3.05) is 6.61 Å². The van der Waals surface area contributed by atoms with E-state index in [0.717, 1.165) is 5.56 Å². The van der Waals surface area contributed by atoms with Crippen molar-refractivity contribution in [2.45, 2.75) is 26.4 Å². The summed E-state index contributed by atoms with van der Waals surface area (Å²) in [6, 6.07) is 16.6. The maximum atomic E-state index is 12.5. The second kappa shape index (κ2) is 9.38. The zero-order valence-corrected chi connectivity index (χ0v) is 17.4. The molecule has 0 bridgehead atoms. The number of ether oxygens (including phenoxy) is 3. The summed E-state index contributed by atoms with van der Waals surface area (Å²) < 4.78 is 16.4. The third-order valence-corrected chi connectivity index (χ3v) is 5.04. The van der Waals surface area contributed by atoms with Gasteiger partial charge in [-0.3, -0.25) is 0 Å². The summed E-state index contributed by atoms with van der Waals surface area (Å²) in [5, 5.41) is 10.3. The first-order valence-corrected chi connectivity index (χ1v) is 9.75. The van der Waals surface area contributed by atoms with Gasteiger partial charge in [0.15, 0.2) is 0 Å². The third kappa shape index (κ3) is 4.42. The van der Waals surface area contributed by atoms with E-state index in [1.54, 1.807) is 44.2 Å². The molecule has 0 saturated heterocycles. The molecule has 30 heavy (non-hydrogen) atoms. The molecule has 1 atom stereocenters. The molecule has 2 aromatic carbocycles. The molecule has 2 N–H and O–H groups in total. The number of nitriles is 1. The average molecular weight is 425 g/mol. The standard InChI is InChI=1S/C23H21ClN2O4/c1-3-28-23(27)20-14(2)30-22(26)18(12-25)21(20)15-8-10-17(11-9-15)29-13-16-6-4-5-7-19(16)24/h4-11,21H,3,13,26H2,1-2H3/t21-/m0/s1. The van der Waals surface area contributed by atoms with Gasteiger partial charge in [0, 0.05) is 10.6 Å². The number of esters is 1. The molecule has 154 valence electrons. The molecule has 0 unspecified atom stereocenters. The van der Waals surface area contributed by atoms with Crippen LogP contribution in [-0.2, 0) is 20.9 Å². The monoisotopic (exact) mass is 424 g/mol. The largest absolute Gasteiger partial charge is 0.489 e. The van der Waals surface area contributed by atoms with E-state index in [1.807, 2.05) is 18.2 Å². The summed E-state index contributed by atoms with van der Waals surface area (Å²) in [6.45, 7) is 3.87. The van der Waals surface area contributed by atoms with Gasteiger partial charge >= 0.3 is 5.97 Å². The molecule has 3 rings (SSSR count). The van der Waals surface area contributed by atoms with Crippen molar-refractivity contribution in [1.29, 1.82) is 5.26 Å². The molecular weight excluding hydrogens is 404 g/mol. The number of nitrogens with zero attached hydrogens (tertiary/aromatic N) is 1. The first-order valence-electron chi connectivity index (χ1n) is 9.37. The topological polar surface area (TPSA) is 94.6 Å². The van der Waals surface area contributed by atoms with E-state index >= 15 is 0 Å². The van der Waals surface area contributed by atoms with Gasteiger partial charge in [0.05, 0.1) is 18.1 Å². The number of halogens is 1. The summed E-state index contributed by atoms with van der Waals surface area (Å²) in [6.07, 6.45) is 0. The highest BCUT2D eigenvalue weighted by atomic mass is 35.5. The summed E-state index contributed by atoms with van der Waals surface area (Å²) in [5.74, 6) is -0.305. The van der Waals surface area contributed by atoms with Crippen molar-refractivity contribution >= 4 is 17.6 Å². The number of nitrogens with two attached hydrogens (primary N) is 1. The summed E-state index contributed by atoms with van der Waals surface area (Å²) in [4.78, 5) is 12.5. The Kier molecular flexibility index (Phi) is 6.65. The molecule has 0 radical (unpaired) electrons. The highest BCUT2D eigenvalue weighted by molar-refractivity contribution is 6.31. The van der Waals surface area contributed by atoms with E-state index in [0.29, 0.717) is 28.7 Å². The average Bonchev–Trinajstić information content (AvgIpc) is 2.73. The zero-order valence-electron chi connectivity index (χ0n) is 16.6. The van der Waals surface area contributed by atoms with Crippen molar-refractivity contribution < 1.29 is 19.0 Å². The second-order valence-electron chi connectivity index (χ2n) is 6.56. The summed E-state index contributed by atoms with van der Waals surface area (Å²) in [5.41, 5.74) is 7.90. The minimum atomic E-state index is -0.680. The molecule has 2 aromatic rings. The Labute approximate surface area is 180 Å². The Morgan fingerprint density at radius 1 is 1.23 bits per heavy atom. The Morgan fingerprint density at radius 2 is 1.93 bits per heavy atom. The summed E-state index contributed by atoms with van der Waals surface area (Å²) in [7, 11) is 0. The van der Waals surface area contributed by atoms with Gasteiger partial charge < -0.3 is 19.9 Å². The van der Waals surface area contributed by atoms with Gasteiger partial charge in [-0.05, 0) is 37.6 Å². The van der Waals surface area contributed by atoms with Crippen LogP contribution in [-0.4, -0.2) is 12.6 Å². The Hall–Kier alpha value is -3.43. The van der Waals surface area contributed by atoms with Crippen LogP contribution in [0.4, 0.5) is 0 Å². The van der Waals surface area contributed by atoms with Crippen LogP contribution in [0.1, 0.15) is 30.9 Å². The highest BCUT2D eigenvalue weighted by Gasteiger charge is 2.36. The number of benzene rings is 2. The third-order valence-electron chi connectivity index (χ3n) is 4.67. The smallest absolute Gasteiger partial charge is 0.338 e. The van der Waals surface area contributed by atoms with Crippen LogP contribution in [0.5, 0.6) is 5.75 Å². The maximum Gasteiger partial charge on any atom is 0.338 e. The normalized spacial score (nSPS) is 16.0. The van der Waals surface area contributed by atoms with Gasteiger partial charge in [-0.25, -0.2) is 4.79 Å². The molecule has 1 aliphatic heterocycles. The van der Waals surface area contributed by atoms with Crippen molar-refractivity contribution in [3.63, 3.8) is 0 Å². The van der Waals surface area contributed by atoms with Gasteiger partial charge in [-0.1, -0.05) is 41.9 Å². The van der Waals surface area contributed by atoms with Gasteiger partial charge in [-0.15, -0.1) is 0 Å². The molecule has 0 saturated carbocycles. The molecular formula is C23H21ClN2O4. The molecule has 0 aromatic heterocycles. The molecule has 0 aliphatic carbocycles. The van der Waals surface area contributed by atoms with Crippen molar-refractivity contribution in [3.05, 3.63) is 87.5 Å². The minimum absolute atomic E-state index is 0.0212. The van der Waals surface area contributed by atoms with E-state index < -0.39 is 11.9 Å². The van der Waals surface area contributed by atoms with Crippen LogP contribution < -0.4 is 10.5 Å². The minimum Gasteiger partial charge on any atom is -0.489 e. The van der Waals surface area contributed by atoms with E-state index in [2.05, 4.69) is 6.07 Å². The van der Waals surface area contributed by atoms with E-state index in [1.165, 1.54) is 0 Å². The molecule has 1 heterocycles. The number of hydrogen-bond donors (Lipinski definition) is 1. The van der Waals surface area contributed by atoms with Crippen molar-refractivity contribution in [1.82, 2.24) is 0 Å². The Balaban J connectivity index is 1.88. The lowest BCUT2D eigenvalue weighted by Crippen LogP contribution is -2.25. The van der Waals surface area contributed by atoms with Crippen LogP contribution in [0.15, 0.2) is 71.3 Å². The Bertz CT molecular complexity index is 1050. The quantitative estimate of drug-likeness (QED) is 0.683. The van der Waals surface area contributed by atoms with Crippen molar-refractivity contribution in [2.24, 2.45) is 5.73 Å². The van der Waals surface area contributed by atoms with Crippen LogP contribution in [0.3, 0.4) is 0 Å². The van der Waals surface area contributed by atoms with Crippen LogP contribution >= 0.6 is 11.6 Å². The lowest BCUT2D eigenvalue weighted by atomic mass is 9.83. The van der Waals surface area contributed by atoms with Crippen LogP contribution in [0.25, 0.3) is 0 Å². The molecule has 0 amide bonds. The highest BCUT2D eigenvalue weighted by Crippen LogP contribution is 2.40. The van der Waals surface area contributed by atoms with Crippen LogP contribution in [0.2, 0.25) is 5.02 Å². The van der Waals surface area contributed by atoms with Gasteiger partial charge in [-0.2, -0.15) is 5.26 Å². The SMILES string of the molecule is CCOC(=O)C1=C(C)OC(N)=C(C#N)[C@@H]1c1ccc(OCc2ccccc2Cl)cc1. The van der Waals surface area contributed by atoms with Crippen LogP contribution in [0, 0.1) is 11.3 Å². The molecule has 6 nitrogen and oxygen atoms in total. The lowest BCUT2D eigenvalue weighted by Gasteiger charge is -2.26. The predicted molar refractivity (Wildman–Crippen MR) is 112 cm³/mol. The number of allylic oxidation sites excluding steroid dienone is 2. The molecule has 1 aliphatic rings. The van der Waals surface area contributed by atoms with E-state index in [4.69, 9.17) is 31.5 Å². The molecule has 7 heteroatoms. The molecule has 0 spiro atoms. The lowest BCUT2D eigenvalue weighted by molar-refractivity contribution is -0.139. The summed E-state index contributed by atoms with van der Waals surface area (Å²) >= 11 is 6.16. The second-order valence-corrected chi connectivity index (χ2v) is 6.97. The van der Waals surface area contributed by atoms with Gasteiger partial charge in [0.2, 0.25) is 5.88 Å². The Morgan fingerprint density at radius 3 is 2.57 bits per heavy atom. The first kappa shape index (κ1) is 21.3. The fourth-order valence-electron chi connectivity index (χ4n) is 3.22. The molecule has 0 fully saturated rings. The fraction of sp³-hybridized carbons (Fsp3) is 0.217. The predicted octanol–water partition coefficient (Wildman–Crippen LogP) is 4.56. The number of rotatable bonds is 6. The maximum absolute atomic E-state index is 12.5. The number of carbonyl (C=O) groups excluding carboxylic acids is 1. The van der Waals surface area contributed by atoms with Gasteiger partial charge in [0.25, 0.3) is 0 Å². The zero-order chi connectivity index (χ0) is 21.7. The van der Waals surface area contributed by atoms with Crippen molar-refractivity contribution in [3.8, 4) is 11.8 Å². The van der Waals surface area contributed by atoms with Gasteiger partial charge in [0.1, 0.15) is 29.8 Å². The van der Waals surface area contributed by atoms with E-state index in [9.17, 15) is 10.1 Å². The first-order chi connectivity index (χ1) is 14.5. The van der Waals surface area contributed by atoms with E-state index in [-0.39, 0.29) is 23.6 Å². The number of carbonyl (C=O) groups is 1. The fourth-order valence-corrected chi connectivity index (χ4v) is 3.41.